The molecule has 3 aromatic heterocycles. The second-order valence-corrected chi connectivity index (χ2v) is 5.45. The molecule has 3 aromatic rings. The average molecular weight is 315 g/mol. The number of aryl methyl sites for hydroxylation is 2. The molecule has 3 heterocycles. The van der Waals surface area contributed by atoms with Gasteiger partial charge in [0.15, 0.2) is 5.13 Å². The third-order valence-corrected chi connectivity index (χ3v) is 3.71. The molecule has 0 atom stereocenters. The van der Waals surface area contributed by atoms with Crippen molar-refractivity contribution in [2.75, 3.05) is 5.32 Å². The van der Waals surface area contributed by atoms with E-state index in [-0.39, 0.29) is 12.3 Å². The van der Waals surface area contributed by atoms with Gasteiger partial charge >= 0.3 is 0 Å². The highest BCUT2D eigenvalue weighted by Crippen LogP contribution is 2.16. The fourth-order valence-corrected chi connectivity index (χ4v) is 2.49. The van der Waals surface area contributed by atoms with Gasteiger partial charge in [0.2, 0.25) is 17.6 Å². The number of nitrogens with one attached hydrogen (secondary N) is 1. The third-order valence-electron chi connectivity index (χ3n) is 2.84. The zero-order chi connectivity index (χ0) is 15.4. The van der Waals surface area contributed by atoms with E-state index in [4.69, 9.17) is 4.52 Å². The lowest BCUT2D eigenvalue weighted by molar-refractivity contribution is -0.116. The van der Waals surface area contributed by atoms with E-state index < -0.39 is 0 Å². The van der Waals surface area contributed by atoms with Gasteiger partial charge in [0.05, 0.1) is 5.69 Å². The summed E-state index contributed by atoms with van der Waals surface area (Å²) in [5, 5.41) is 9.12. The van der Waals surface area contributed by atoms with E-state index in [1.165, 1.54) is 11.3 Å². The molecule has 0 bridgehead atoms. The van der Waals surface area contributed by atoms with Gasteiger partial charge in [0.25, 0.3) is 0 Å². The number of hydrogen-bond donors (Lipinski definition) is 1. The maximum atomic E-state index is 11.8. The number of carbonyl (C=O) groups excluding carboxylic acids is 1. The van der Waals surface area contributed by atoms with Crippen LogP contribution in [-0.4, -0.2) is 26.0 Å². The molecule has 0 aliphatic heterocycles. The van der Waals surface area contributed by atoms with Gasteiger partial charge in [-0.3, -0.25) is 9.78 Å². The minimum Gasteiger partial charge on any atom is -0.339 e. The monoisotopic (exact) mass is 315 g/mol. The van der Waals surface area contributed by atoms with E-state index in [1.54, 1.807) is 24.5 Å². The fraction of sp³-hybridized carbons (Fsp3) is 0.214. The van der Waals surface area contributed by atoms with E-state index in [0.717, 1.165) is 11.3 Å². The normalized spacial score (nSPS) is 10.6. The highest BCUT2D eigenvalue weighted by Gasteiger charge is 2.11. The molecule has 0 aliphatic rings. The van der Waals surface area contributed by atoms with E-state index in [9.17, 15) is 4.79 Å². The molecule has 0 fully saturated rings. The zero-order valence-electron chi connectivity index (χ0n) is 11.8. The van der Waals surface area contributed by atoms with Crippen molar-refractivity contribution in [2.24, 2.45) is 0 Å². The molecule has 0 radical (unpaired) electrons. The second-order valence-electron chi connectivity index (χ2n) is 4.59. The van der Waals surface area contributed by atoms with E-state index >= 15 is 0 Å². The SMILES string of the molecule is Cc1csc(NC(=O)CCc2nc(-c3ccncc3)no2)n1. The molecule has 22 heavy (non-hydrogen) atoms. The molecule has 112 valence electrons. The Hall–Kier alpha value is -2.61. The number of rotatable bonds is 5. The summed E-state index contributed by atoms with van der Waals surface area (Å²) in [4.78, 5) is 24.2. The van der Waals surface area contributed by atoms with Crippen LogP contribution in [0, 0.1) is 6.92 Å². The van der Waals surface area contributed by atoms with Crippen molar-refractivity contribution in [2.45, 2.75) is 19.8 Å². The number of hydrogen-bond acceptors (Lipinski definition) is 7. The zero-order valence-corrected chi connectivity index (χ0v) is 12.6. The smallest absolute Gasteiger partial charge is 0.227 e. The summed E-state index contributed by atoms with van der Waals surface area (Å²) in [7, 11) is 0. The van der Waals surface area contributed by atoms with E-state index in [0.29, 0.717) is 23.3 Å². The summed E-state index contributed by atoms with van der Waals surface area (Å²) in [6, 6.07) is 3.60. The van der Waals surface area contributed by atoms with E-state index in [1.807, 2.05) is 12.3 Å². The highest BCUT2D eigenvalue weighted by molar-refractivity contribution is 7.13. The second kappa shape index (κ2) is 6.44. The Bertz CT molecular complexity index is 768. The fourth-order valence-electron chi connectivity index (χ4n) is 1.79. The Balaban J connectivity index is 1.56. The number of carbonyl (C=O) groups is 1. The Labute approximate surface area is 130 Å². The highest BCUT2D eigenvalue weighted by atomic mass is 32.1. The van der Waals surface area contributed by atoms with Gasteiger partial charge in [-0.05, 0) is 19.1 Å². The number of nitrogens with zero attached hydrogens (tertiary/aromatic N) is 4. The summed E-state index contributed by atoms with van der Waals surface area (Å²) in [6.07, 6.45) is 3.97. The molecule has 0 saturated heterocycles. The van der Waals surface area contributed by atoms with Crippen LogP contribution in [0.2, 0.25) is 0 Å². The molecule has 1 N–H and O–H groups in total. The van der Waals surface area contributed by atoms with Crippen LogP contribution in [0.25, 0.3) is 11.4 Å². The van der Waals surface area contributed by atoms with Crippen LogP contribution in [0.15, 0.2) is 34.4 Å². The summed E-state index contributed by atoms with van der Waals surface area (Å²) in [6.45, 7) is 1.88. The van der Waals surface area contributed by atoms with Crippen LogP contribution in [0.1, 0.15) is 18.0 Å². The Morgan fingerprint density at radius 2 is 2.14 bits per heavy atom. The molecule has 0 aromatic carbocycles. The Morgan fingerprint density at radius 1 is 1.32 bits per heavy atom. The molecule has 0 aliphatic carbocycles. The lowest BCUT2D eigenvalue weighted by Gasteiger charge is -1.98. The first-order valence-corrected chi connectivity index (χ1v) is 7.53. The van der Waals surface area contributed by atoms with Crippen LogP contribution in [0.3, 0.4) is 0 Å². The first kappa shape index (κ1) is 14.3. The van der Waals surface area contributed by atoms with Crippen molar-refractivity contribution in [3.63, 3.8) is 0 Å². The summed E-state index contributed by atoms with van der Waals surface area (Å²) >= 11 is 1.40. The van der Waals surface area contributed by atoms with Crippen LogP contribution < -0.4 is 5.32 Å². The topological polar surface area (TPSA) is 93.8 Å². The van der Waals surface area contributed by atoms with Crippen molar-refractivity contribution in [1.29, 1.82) is 0 Å². The number of pyridine rings is 1. The Morgan fingerprint density at radius 3 is 2.86 bits per heavy atom. The average Bonchev–Trinajstić information content (AvgIpc) is 3.15. The first-order chi connectivity index (χ1) is 10.7. The largest absolute Gasteiger partial charge is 0.339 e. The van der Waals surface area contributed by atoms with E-state index in [2.05, 4.69) is 25.4 Å². The quantitative estimate of drug-likeness (QED) is 0.777. The lowest BCUT2D eigenvalue weighted by atomic mass is 10.2. The van der Waals surface area contributed by atoms with Crippen molar-refractivity contribution in [3.8, 4) is 11.4 Å². The number of anilines is 1. The molecule has 1 amide bonds. The summed E-state index contributed by atoms with van der Waals surface area (Å²) in [5.74, 6) is 0.795. The molecule has 0 saturated carbocycles. The molecule has 0 unspecified atom stereocenters. The molecule has 7 nitrogen and oxygen atoms in total. The standard InChI is InChI=1S/C14H13N5O2S/c1-9-8-22-14(16-9)17-11(20)2-3-12-18-13(19-21-12)10-4-6-15-7-5-10/h4-8H,2-3H2,1H3,(H,16,17,20). The number of aromatic nitrogens is 4. The molecule has 0 spiro atoms. The number of amides is 1. The third kappa shape index (κ3) is 3.53. The first-order valence-electron chi connectivity index (χ1n) is 6.65. The van der Waals surface area contributed by atoms with Gasteiger partial charge in [-0.25, -0.2) is 4.98 Å². The minimum absolute atomic E-state index is 0.127. The van der Waals surface area contributed by atoms with Gasteiger partial charge in [0, 0.05) is 36.2 Å². The molecular formula is C14H13N5O2S. The van der Waals surface area contributed by atoms with Gasteiger partial charge < -0.3 is 9.84 Å². The number of thiazole rings is 1. The van der Waals surface area contributed by atoms with Crippen molar-refractivity contribution >= 4 is 22.4 Å². The minimum atomic E-state index is -0.127. The van der Waals surface area contributed by atoms with Crippen molar-refractivity contribution < 1.29 is 9.32 Å². The van der Waals surface area contributed by atoms with Crippen LogP contribution in [0.5, 0.6) is 0 Å². The lowest BCUT2D eigenvalue weighted by Crippen LogP contribution is -2.12. The van der Waals surface area contributed by atoms with Gasteiger partial charge in [-0.15, -0.1) is 11.3 Å². The Kier molecular flexibility index (Phi) is 4.19. The maximum Gasteiger partial charge on any atom is 0.227 e. The van der Waals surface area contributed by atoms with Gasteiger partial charge in [0.1, 0.15) is 0 Å². The van der Waals surface area contributed by atoms with Crippen molar-refractivity contribution in [1.82, 2.24) is 20.1 Å². The van der Waals surface area contributed by atoms with Crippen LogP contribution in [0.4, 0.5) is 5.13 Å². The predicted molar refractivity (Wildman–Crippen MR) is 81.3 cm³/mol. The summed E-state index contributed by atoms with van der Waals surface area (Å²) in [5.41, 5.74) is 1.71. The summed E-state index contributed by atoms with van der Waals surface area (Å²) < 4.78 is 5.15. The maximum absolute atomic E-state index is 11.8. The van der Waals surface area contributed by atoms with Gasteiger partial charge in [-0.2, -0.15) is 4.98 Å². The van der Waals surface area contributed by atoms with Crippen LogP contribution >= 0.6 is 11.3 Å². The van der Waals surface area contributed by atoms with Crippen molar-refractivity contribution in [3.05, 3.63) is 41.5 Å². The molecule has 3 rings (SSSR count). The van der Waals surface area contributed by atoms with Crippen LogP contribution in [-0.2, 0) is 11.2 Å². The molecular weight excluding hydrogens is 302 g/mol. The predicted octanol–water partition coefficient (Wildman–Crippen LogP) is 2.47. The molecule has 8 heteroatoms. The van der Waals surface area contributed by atoms with Gasteiger partial charge in [-0.1, -0.05) is 5.16 Å².